The van der Waals surface area contributed by atoms with Crippen LogP contribution in [0.4, 0.5) is 11.4 Å². The first-order valence-corrected chi connectivity index (χ1v) is 9.23. The maximum atomic E-state index is 12.8. The van der Waals surface area contributed by atoms with Gasteiger partial charge in [-0.25, -0.2) is 0 Å². The van der Waals surface area contributed by atoms with E-state index >= 15 is 0 Å². The Morgan fingerprint density at radius 2 is 1.96 bits per heavy atom. The molecule has 3 N–H and O–H groups in total. The summed E-state index contributed by atoms with van der Waals surface area (Å²) in [6.07, 6.45) is 4.48. The van der Waals surface area contributed by atoms with Gasteiger partial charge in [0.15, 0.2) is 5.69 Å². The monoisotopic (exact) mass is 431 g/mol. The number of carbonyl (C=O) groups is 1. The summed E-state index contributed by atoms with van der Waals surface area (Å²) in [5.74, 6) is -0.193. The van der Waals surface area contributed by atoms with E-state index in [1.807, 2.05) is 18.2 Å². The fraction of sp³-hybridized carbons (Fsp3) is 0.444. The van der Waals surface area contributed by atoms with Crippen molar-refractivity contribution in [2.75, 3.05) is 29.9 Å². The summed E-state index contributed by atoms with van der Waals surface area (Å²) in [5.41, 5.74) is 4.25. The van der Waals surface area contributed by atoms with Crippen LogP contribution in [0.5, 0.6) is 0 Å². The number of carbonyl (C=O) groups excluding carboxylic acids is 1. The molecule has 2 aliphatic heterocycles. The second-order valence-corrected chi connectivity index (χ2v) is 7.06. The number of piperidine rings is 1. The van der Waals surface area contributed by atoms with Crippen LogP contribution in [0.25, 0.3) is 0 Å². The van der Waals surface area contributed by atoms with E-state index in [4.69, 9.17) is 11.6 Å². The molecule has 4 rings (SSSR count). The van der Waals surface area contributed by atoms with Crippen molar-refractivity contribution >= 4 is 53.7 Å². The van der Waals surface area contributed by atoms with Crippen molar-refractivity contribution in [3.05, 3.63) is 40.2 Å². The number of aromatic amines is 1. The topological polar surface area (TPSA) is 73.0 Å². The summed E-state index contributed by atoms with van der Waals surface area (Å²) < 4.78 is 0. The fourth-order valence-electron chi connectivity index (χ4n) is 3.61. The van der Waals surface area contributed by atoms with Crippen LogP contribution in [-0.2, 0) is 13.0 Å². The van der Waals surface area contributed by atoms with Crippen LogP contribution in [0.2, 0.25) is 5.02 Å². The van der Waals surface area contributed by atoms with Gasteiger partial charge in [0.05, 0.1) is 11.4 Å². The standard InChI is InChI=1S/C18H22ClN5O.2ClH/c19-12-4-5-16(24-8-2-1-3-9-24)15(10-12)21-18(25)17-13-11-20-7-6-14(13)22-23-17;;/h4-5,10,20H,1-3,6-9,11H2,(H,21,25)(H,22,23);2*1H. The van der Waals surface area contributed by atoms with Crippen LogP contribution >= 0.6 is 36.4 Å². The van der Waals surface area contributed by atoms with Gasteiger partial charge in [-0.2, -0.15) is 5.10 Å². The Balaban J connectivity index is 0.00000131. The van der Waals surface area contributed by atoms with Crippen LogP contribution in [0, 0.1) is 0 Å². The SMILES string of the molecule is Cl.Cl.O=C(Nc1cc(Cl)ccc1N1CCCCC1)c1n[nH]c2c1CNCC2. The van der Waals surface area contributed by atoms with Gasteiger partial charge in [-0.05, 0) is 37.5 Å². The number of rotatable bonds is 3. The predicted octanol–water partition coefficient (Wildman–Crippen LogP) is 3.80. The zero-order valence-corrected chi connectivity index (χ0v) is 17.3. The molecule has 2 aliphatic rings. The Kier molecular flexibility index (Phi) is 7.79. The molecule has 1 aromatic heterocycles. The number of H-pyrrole nitrogens is 1. The molecular weight excluding hydrogens is 409 g/mol. The molecule has 0 unspecified atom stereocenters. The van der Waals surface area contributed by atoms with Crippen LogP contribution in [-0.4, -0.2) is 35.7 Å². The number of hydrogen-bond acceptors (Lipinski definition) is 4. The largest absolute Gasteiger partial charge is 0.370 e. The zero-order valence-electron chi connectivity index (χ0n) is 14.9. The maximum Gasteiger partial charge on any atom is 0.276 e. The molecule has 1 amide bonds. The van der Waals surface area contributed by atoms with Crippen molar-refractivity contribution < 1.29 is 4.79 Å². The van der Waals surface area contributed by atoms with Gasteiger partial charge in [0.2, 0.25) is 0 Å². The number of anilines is 2. The van der Waals surface area contributed by atoms with E-state index in [9.17, 15) is 4.79 Å². The highest BCUT2D eigenvalue weighted by atomic mass is 35.5. The molecule has 1 fully saturated rings. The average Bonchev–Trinajstić information content (AvgIpc) is 3.07. The third-order valence-electron chi connectivity index (χ3n) is 4.92. The van der Waals surface area contributed by atoms with Gasteiger partial charge in [-0.1, -0.05) is 11.6 Å². The summed E-state index contributed by atoms with van der Waals surface area (Å²) >= 11 is 6.18. The van der Waals surface area contributed by atoms with Crippen LogP contribution in [0.3, 0.4) is 0 Å². The first-order chi connectivity index (χ1) is 12.2. The lowest BCUT2D eigenvalue weighted by Crippen LogP contribution is -2.30. The second kappa shape index (κ2) is 9.64. The smallest absolute Gasteiger partial charge is 0.276 e. The molecule has 148 valence electrons. The zero-order chi connectivity index (χ0) is 17.2. The first kappa shape index (κ1) is 21.8. The molecule has 1 saturated heterocycles. The Morgan fingerprint density at radius 1 is 1.19 bits per heavy atom. The Hall–Kier alpha value is -1.47. The third kappa shape index (κ3) is 4.69. The molecule has 0 aliphatic carbocycles. The minimum atomic E-state index is -0.193. The average molecular weight is 433 g/mol. The van der Waals surface area contributed by atoms with E-state index in [2.05, 4.69) is 25.7 Å². The third-order valence-corrected chi connectivity index (χ3v) is 5.16. The van der Waals surface area contributed by atoms with E-state index in [0.717, 1.165) is 48.7 Å². The molecular formula is C18H24Cl3N5O. The maximum absolute atomic E-state index is 12.8. The molecule has 0 spiro atoms. The van der Waals surface area contributed by atoms with E-state index in [0.29, 0.717) is 17.3 Å². The molecule has 3 heterocycles. The summed E-state index contributed by atoms with van der Waals surface area (Å²) in [7, 11) is 0. The Bertz CT molecular complexity index is 789. The number of hydrogen-bond donors (Lipinski definition) is 3. The number of halogens is 3. The summed E-state index contributed by atoms with van der Waals surface area (Å²) in [6.45, 7) is 3.59. The lowest BCUT2D eigenvalue weighted by molar-refractivity contribution is 0.102. The molecule has 0 radical (unpaired) electrons. The van der Waals surface area contributed by atoms with Crippen molar-refractivity contribution in [3.63, 3.8) is 0 Å². The Labute approximate surface area is 176 Å². The minimum Gasteiger partial charge on any atom is -0.370 e. The van der Waals surface area contributed by atoms with Crippen LogP contribution in [0.1, 0.15) is 41.0 Å². The normalized spacial score (nSPS) is 16.0. The number of amides is 1. The van der Waals surface area contributed by atoms with E-state index in [1.165, 1.54) is 19.3 Å². The summed E-state index contributed by atoms with van der Waals surface area (Å²) in [4.78, 5) is 15.1. The lowest BCUT2D eigenvalue weighted by atomic mass is 10.1. The lowest BCUT2D eigenvalue weighted by Gasteiger charge is -2.30. The molecule has 0 saturated carbocycles. The van der Waals surface area contributed by atoms with Crippen LogP contribution in [0.15, 0.2) is 18.2 Å². The van der Waals surface area contributed by atoms with Gasteiger partial charge < -0.3 is 15.5 Å². The second-order valence-electron chi connectivity index (χ2n) is 6.62. The van der Waals surface area contributed by atoms with Gasteiger partial charge in [0, 0.05) is 48.9 Å². The van der Waals surface area contributed by atoms with Crippen molar-refractivity contribution in [3.8, 4) is 0 Å². The molecule has 0 bridgehead atoms. The van der Waals surface area contributed by atoms with Crippen molar-refractivity contribution in [1.29, 1.82) is 0 Å². The quantitative estimate of drug-likeness (QED) is 0.690. The Morgan fingerprint density at radius 3 is 2.74 bits per heavy atom. The molecule has 0 atom stereocenters. The van der Waals surface area contributed by atoms with E-state index in [1.54, 1.807) is 0 Å². The molecule has 1 aromatic carbocycles. The van der Waals surface area contributed by atoms with Gasteiger partial charge in [-0.3, -0.25) is 9.89 Å². The van der Waals surface area contributed by atoms with E-state index < -0.39 is 0 Å². The van der Waals surface area contributed by atoms with Crippen molar-refractivity contribution in [2.24, 2.45) is 0 Å². The molecule has 6 nitrogen and oxygen atoms in total. The highest BCUT2D eigenvalue weighted by Crippen LogP contribution is 2.31. The highest BCUT2D eigenvalue weighted by molar-refractivity contribution is 6.31. The number of nitrogens with one attached hydrogen (secondary N) is 3. The van der Waals surface area contributed by atoms with Gasteiger partial charge >= 0.3 is 0 Å². The molecule has 9 heteroatoms. The van der Waals surface area contributed by atoms with Crippen molar-refractivity contribution in [2.45, 2.75) is 32.2 Å². The van der Waals surface area contributed by atoms with E-state index in [-0.39, 0.29) is 30.7 Å². The molecule has 2 aromatic rings. The summed E-state index contributed by atoms with van der Waals surface area (Å²) in [5, 5.41) is 14.2. The number of nitrogens with zero attached hydrogens (tertiary/aromatic N) is 2. The first-order valence-electron chi connectivity index (χ1n) is 8.85. The minimum absolute atomic E-state index is 0. The van der Waals surface area contributed by atoms with Gasteiger partial charge in [-0.15, -0.1) is 24.8 Å². The predicted molar refractivity (Wildman–Crippen MR) is 114 cm³/mol. The summed E-state index contributed by atoms with van der Waals surface area (Å²) in [6, 6.07) is 5.69. The van der Waals surface area contributed by atoms with Crippen LogP contribution < -0.4 is 15.5 Å². The highest BCUT2D eigenvalue weighted by Gasteiger charge is 2.23. The number of fused-ring (bicyclic) bond motifs is 1. The van der Waals surface area contributed by atoms with Gasteiger partial charge in [0.1, 0.15) is 0 Å². The number of benzene rings is 1. The molecule has 27 heavy (non-hydrogen) atoms. The van der Waals surface area contributed by atoms with Gasteiger partial charge in [0.25, 0.3) is 5.91 Å². The number of aromatic nitrogens is 2. The fourth-order valence-corrected chi connectivity index (χ4v) is 3.79. The van der Waals surface area contributed by atoms with Crippen molar-refractivity contribution in [1.82, 2.24) is 15.5 Å².